The molecule has 22 heavy (non-hydrogen) atoms. The van der Waals surface area contributed by atoms with Gasteiger partial charge in [0.2, 0.25) is 0 Å². The first-order chi connectivity index (χ1) is 10.5. The molecule has 0 bridgehead atoms. The number of allylic oxidation sites excluding steroid dienone is 1. The van der Waals surface area contributed by atoms with Gasteiger partial charge in [-0.2, -0.15) is 0 Å². The van der Waals surface area contributed by atoms with Crippen LogP contribution in [0.5, 0.6) is 0 Å². The zero-order valence-electron chi connectivity index (χ0n) is 12.8. The number of esters is 2. The van der Waals surface area contributed by atoms with E-state index in [1.165, 1.54) is 7.11 Å². The highest BCUT2D eigenvalue weighted by atomic mass is 16.7. The Bertz CT molecular complexity index is 563. The molecular weight excluding hydrogens is 288 g/mol. The first-order valence-electron chi connectivity index (χ1n) is 7.74. The number of carbonyl (C=O) groups is 2. The number of methoxy groups -OCH3 is 1. The molecule has 2 aliphatic carbocycles. The van der Waals surface area contributed by atoms with Gasteiger partial charge in [0.1, 0.15) is 11.5 Å². The molecule has 0 radical (unpaired) electrons. The van der Waals surface area contributed by atoms with Gasteiger partial charge in [-0.05, 0) is 6.42 Å². The first kappa shape index (κ1) is 14.2. The van der Waals surface area contributed by atoms with Gasteiger partial charge in [0.25, 0.3) is 0 Å². The third-order valence-electron chi connectivity index (χ3n) is 6.06. The van der Waals surface area contributed by atoms with Gasteiger partial charge >= 0.3 is 11.9 Å². The maximum absolute atomic E-state index is 12.7. The fraction of sp³-hybridized carbons (Fsp3) is 0.750. The largest absolute Gasteiger partial charge is 0.468 e. The predicted octanol–water partition coefficient (Wildman–Crippen LogP) is 1.19. The van der Waals surface area contributed by atoms with Crippen LogP contribution in [0.1, 0.15) is 26.2 Å². The van der Waals surface area contributed by atoms with E-state index in [1.54, 1.807) is 0 Å². The highest BCUT2D eigenvalue weighted by molar-refractivity contribution is 5.87. The van der Waals surface area contributed by atoms with Gasteiger partial charge in [-0.3, -0.25) is 9.59 Å². The van der Waals surface area contributed by atoms with Gasteiger partial charge in [0.05, 0.1) is 26.2 Å². The Hall–Kier alpha value is -1.40. The molecule has 3 fully saturated rings. The van der Waals surface area contributed by atoms with Gasteiger partial charge in [-0.25, -0.2) is 0 Å². The number of hydrogen-bond donors (Lipinski definition) is 0. The minimum atomic E-state index is -0.852. The molecular formula is C16H20O6. The van der Waals surface area contributed by atoms with Crippen LogP contribution >= 0.6 is 0 Å². The summed E-state index contributed by atoms with van der Waals surface area (Å²) in [6.45, 7) is 3.02. The van der Waals surface area contributed by atoms with E-state index in [0.29, 0.717) is 32.5 Å². The van der Waals surface area contributed by atoms with E-state index in [-0.39, 0.29) is 17.9 Å². The zero-order valence-corrected chi connectivity index (χ0v) is 12.8. The van der Waals surface area contributed by atoms with Crippen LogP contribution in [0.3, 0.4) is 0 Å². The van der Waals surface area contributed by atoms with Crippen LogP contribution in [0.2, 0.25) is 0 Å². The molecule has 4 atom stereocenters. The van der Waals surface area contributed by atoms with Crippen LogP contribution < -0.4 is 0 Å². The molecule has 0 aromatic rings. The van der Waals surface area contributed by atoms with Crippen molar-refractivity contribution in [2.45, 2.75) is 38.1 Å². The summed E-state index contributed by atoms with van der Waals surface area (Å²) in [5.41, 5.74) is -1.41. The maximum atomic E-state index is 12.7. The number of ether oxygens (including phenoxy) is 4. The van der Waals surface area contributed by atoms with Crippen molar-refractivity contribution >= 4 is 11.9 Å². The molecule has 2 saturated heterocycles. The summed E-state index contributed by atoms with van der Waals surface area (Å²) in [6, 6.07) is 0. The van der Waals surface area contributed by atoms with E-state index < -0.39 is 22.7 Å². The fourth-order valence-electron chi connectivity index (χ4n) is 4.70. The normalized spacial score (nSPS) is 44.7. The lowest BCUT2D eigenvalue weighted by Gasteiger charge is -2.61. The van der Waals surface area contributed by atoms with Crippen molar-refractivity contribution in [3.05, 3.63) is 12.2 Å². The molecule has 6 heteroatoms. The molecule has 0 aromatic heterocycles. The van der Waals surface area contributed by atoms with E-state index in [4.69, 9.17) is 18.9 Å². The van der Waals surface area contributed by atoms with Gasteiger partial charge in [-0.1, -0.05) is 19.1 Å². The second kappa shape index (κ2) is 4.32. The summed E-state index contributed by atoms with van der Waals surface area (Å²) in [6.07, 6.45) is 4.70. The van der Waals surface area contributed by atoms with E-state index in [1.807, 2.05) is 19.1 Å². The molecule has 1 saturated carbocycles. The monoisotopic (exact) mass is 308 g/mol. The summed E-state index contributed by atoms with van der Waals surface area (Å²) in [4.78, 5) is 25.0. The Balaban J connectivity index is 1.77. The maximum Gasteiger partial charge on any atom is 0.316 e. The Morgan fingerprint density at radius 1 is 1.32 bits per heavy atom. The third kappa shape index (κ3) is 1.47. The summed E-state index contributed by atoms with van der Waals surface area (Å²) in [5, 5.41) is 0. The first-order valence-corrected chi connectivity index (χ1v) is 7.74. The summed E-state index contributed by atoms with van der Waals surface area (Å²) in [5.74, 6) is -1.68. The molecule has 0 aromatic carbocycles. The number of fused-ring (bicyclic) bond motifs is 3. The second-order valence-corrected chi connectivity index (χ2v) is 6.82. The smallest absolute Gasteiger partial charge is 0.316 e. The third-order valence-corrected chi connectivity index (χ3v) is 6.06. The Labute approximate surface area is 128 Å². The molecule has 0 unspecified atom stereocenters. The Kier molecular flexibility index (Phi) is 2.79. The Morgan fingerprint density at radius 3 is 2.64 bits per heavy atom. The van der Waals surface area contributed by atoms with Gasteiger partial charge in [0, 0.05) is 18.3 Å². The average molecular weight is 308 g/mol. The summed E-state index contributed by atoms with van der Waals surface area (Å²) < 4.78 is 22.3. The van der Waals surface area contributed by atoms with Crippen molar-refractivity contribution in [3.8, 4) is 0 Å². The minimum absolute atomic E-state index is 0.274. The lowest BCUT2D eigenvalue weighted by atomic mass is 9.46. The molecule has 4 rings (SSSR count). The quantitative estimate of drug-likeness (QED) is 0.535. The molecule has 6 nitrogen and oxygen atoms in total. The summed E-state index contributed by atoms with van der Waals surface area (Å²) >= 11 is 0. The zero-order chi connectivity index (χ0) is 15.6. The Morgan fingerprint density at radius 2 is 2.05 bits per heavy atom. The number of carbonyl (C=O) groups excluding carboxylic acids is 2. The predicted molar refractivity (Wildman–Crippen MR) is 73.6 cm³/mol. The second-order valence-electron chi connectivity index (χ2n) is 6.82. The van der Waals surface area contributed by atoms with Crippen LogP contribution in [-0.4, -0.2) is 44.2 Å². The van der Waals surface area contributed by atoms with Crippen molar-refractivity contribution in [2.24, 2.45) is 16.7 Å². The highest BCUT2D eigenvalue weighted by Gasteiger charge is 2.72. The molecule has 2 heterocycles. The molecule has 0 N–H and O–H groups in total. The molecule has 120 valence electrons. The van der Waals surface area contributed by atoms with E-state index >= 15 is 0 Å². The van der Waals surface area contributed by atoms with Gasteiger partial charge in [-0.15, -0.1) is 0 Å². The van der Waals surface area contributed by atoms with Gasteiger partial charge in [0.15, 0.2) is 5.79 Å². The minimum Gasteiger partial charge on any atom is -0.468 e. The van der Waals surface area contributed by atoms with Crippen LogP contribution in [0.4, 0.5) is 0 Å². The van der Waals surface area contributed by atoms with Crippen LogP contribution in [0, 0.1) is 16.7 Å². The SMILES string of the molecule is COC(=O)[C@]12CCC3(C[C@H]1OC(=O)[C@H]1C=C[C@]12C)OCCO3. The summed E-state index contributed by atoms with van der Waals surface area (Å²) in [7, 11) is 1.39. The number of hydrogen-bond acceptors (Lipinski definition) is 6. The highest BCUT2D eigenvalue weighted by Crippen LogP contribution is 2.64. The standard InChI is InChI=1S/C16H20O6/c1-14-4-3-10(14)12(17)22-11-9-15(20-7-8-21-15)5-6-16(11,14)13(18)19-2/h3-4,10-11H,5-9H2,1-2H3/t10-,11-,14-,16+/m1/s1. The molecule has 2 aliphatic heterocycles. The van der Waals surface area contributed by atoms with E-state index in [9.17, 15) is 9.59 Å². The molecule has 4 aliphatic rings. The van der Waals surface area contributed by atoms with Crippen molar-refractivity contribution in [2.75, 3.05) is 20.3 Å². The fourth-order valence-corrected chi connectivity index (χ4v) is 4.70. The van der Waals surface area contributed by atoms with E-state index in [2.05, 4.69) is 0 Å². The van der Waals surface area contributed by atoms with Gasteiger partial charge < -0.3 is 18.9 Å². The lowest BCUT2D eigenvalue weighted by Crippen LogP contribution is -2.68. The van der Waals surface area contributed by atoms with E-state index in [0.717, 1.165) is 0 Å². The average Bonchev–Trinajstić information content (AvgIpc) is 2.92. The molecule has 0 amide bonds. The van der Waals surface area contributed by atoms with Crippen molar-refractivity contribution in [1.29, 1.82) is 0 Å². The van der Waals surface area contributed by atoms with Crippen LogP contribution in [-0.2, 0) is 28.5 Å². The van der Waals surface area contributed by atoms with Crippen molar-refractivity contribution in [1.82, 2.24) is 0 Å². The lowest BCUT2D eigenvalue weighted by molar-refractivity contribution is -0.263. The number of rotatable bonds is 1. The van der Waals surface area contributed by atoms with Crippen LogP contribution in [0.25, 0.3) is 0 Å². The van der Waals surface area contributed by atoms with Crippen LogP contribution in [0.15, 0.2) is 12.2 Å². The van der Waals surface area contributed by atoms with Crippen molar-refractivity contribution in [3.63, 3.8) is 0 Å². The topological polar surface area (TPSA) is 71.1 Å². The molecule has 1 spiro atoms. The van der Waals surface area contributed by atoms with Crippen molar-refractivity contribution < 1.29 is 28.5 Å².